The maximum Gasteiger partial charge on any atom is 0.0353 e. The van der Waals surface area contributed by atoms with Crippen molar-refractivity contribution in [3.05, 3.63) is 164 Å². The smallest absolute Gasteiger partial charge is 0.0353 e. The topological polar surface area (TPSA) is 12.9 Å². The molecule has 0 atom stereocenters. The average molecular weight is 558 g/mol. The van der Waals surface area contributed by atoms with Crippen LogP contribution in [0.2, 0.25) is 0 Å². The monoisotopic (exact) mass is 557 g/mol. The van der Waals surface area contributed by atoms with Gasteiger partial charge in [0.25, 0.3) is 0 Å². The second-order valence-electron chi connectivity index (χ2n) is 11.5. The van der Waals surface area contributed by atoms with E-state index in [0.29, 0.717) is 0 Å². The zero-order valence-electron chi connectivity index (χ0n) is 24.0. The molecule has 0 radical (unpaired) electrons. The molecule has 0 N–H and O–H groups in total. The first-order valence-electron chi connectivity index (χ1n) is 15.1. The molecule has 0 aliphatic rings. The van der Waals surface area contributed by atoms with Gasteiger partial charge in [0.05, 0.1) is 0 Å². The fourth-order valence-corrected chi connectivity index (χ4v) is 7.11. The van der Waals surface area contributed by atoms with Gasteiger partial charge in [0.1, 0.15) is 0 Å². The molecule has 0 saturated carbocycles. The van der Waals surface area contributed by atoms with Crippen LogP contribution in [-0.2, 0) is 0 Å². The van der Waals surface area contributed by atoms with Gasteiger partial charge in [-0.15, -0.1) is 0 Å². The second-order valence-corrected chi connectivity index (χ2v) is 11.5. The molecule has 0 fully saturated rings. The second kappa shape index (κ2) is 9.90. The Morgan fingerprint density at radius 3 is 1.57 bits per heavy atom. The van der Waals surface area contributed by atoms with Crippen LogP contribution >= 0.6 is 0 Å². The Kier molecular flexibility index (Phi) is 5.57. The summed E-state index contributed by atoms with van der Waals surface area (Å²) in [6.45, 7) is 0. The zero-order valence-corrected chi connectivity index (χ0v) is 24.0. The summed E-state index contributed by atoms with van der Waals surface area (Å²) in [6, 6.07) is 55.2. The number of rotatable bonds is 3. The van der Waals surface area contributed by atoms with E-state index >= 15 is 0 Å². The molecule has 1 heterocycles. The van der Waals surface area contributed by atoms with E-state index < -0.39 is 0 Å². The standard InChI is InChI=1S/C43H27N/c1-3-13-34-28(9-1)11-7-17-36(34)32-21-19-31-26-33(22-20-30(31)25-32)42-38-15-5-6-16-39(38)43(40-23-24-44-27-41(40)42)37-18-8-12-29-10-2-4-14-35(29)37/h1-27H. The molecule has 0 spiro atoms. The van der Waals surface area contributed by atoms with E-state index in [1.807, 2.05) is 12.4 Å². The number of benzene rings is 8. The Morgan fingerprint density at radius 1 is 0.318 bits per heavy atom. The fraction of sp³-hybridized carbons (Fsp3) is 0. The molecule has 0 aliphatic carbocycles. The normalized spacial score (nSPS) is 11.6. The molecule has 1 nitrogen and oxygen atoms in total. The Bertz CT molecular complexity index is 2490. The number of nitrogens with zero attached hydrogens (tertiary/aromatic N) is 1. The quantitative estimate of drug-likeness (QED) is 0.197. The predicted octanol–water partition coefficient (Wildman–Crippen LogP) is 11.8. The number of pyridine rings is 1. The van der Waals surface area contributed by atoms with E-state index in [2.05, 4.69) is 157 Å². The third-order valence-electron chi connectivity index (χ3n) is 9.11. The molecule has 8 aromatic carbocycles. The van der Waals surface area contributed by atoms with Gasteiger partial charge in [-0.1, -0.05) is 133 Å². The van der Waals surface area contributed by atoms with Crippen molar-refractivity contribution < 1.29 is 0 Å². The van der Waals surface area contributed by atoms with Gasteiger partial charge in [-0.05, 0) is 100 Å². The zero-order chi connectivity index (χ0) is 29.0. The predicted molar refractivity (Wildman–Crippen MR) is 188 cm³/mol. The minimum atomic E-state index is 1.17. The minimum absolute atomic E-state index is 1.17. The van der Waals surface area contributed by atoms with Crippen molar-refractivity contribution in [2.75, 3.05) is 0 Å². The van der Waals surface area contributed by atoms with Crippen LogP contribution in [0.15, 0.2) is 164 Å². The third-order valence-corrected chi connectivity index (χ3v) is 9.11. The van der Waals surface area contributed by atoms with Crippen LogP contribution in [0.1, 0.15) is 0 Å². The van der Waals surface area contributed by atoms with Crippen molar-refractivity contribution >= 4 is 53.9 Å². The average Bonchev–Trinajstić information content (AvgIpc) is 3.09. The van der Waals surface area contributed by atoms with Crippen molar-refractivity contribution in [2.45, 2.75) is 0 Å². The van der Waals surface area contributed by atoms with E-state index in [4.69, 9.17) is 0 Å². The molecule has 0 aliphatic heterocycles. The van der Waals surface area contributed by atoms with Crippen LogP contribution < -0.4 is 0 Å². The van der Waals surface area contributed by atoms with E-state index in [9.17, 15) is 0 Å². The lowest BCUT2D eigenvalue weighted by atomic mass is 9.85. The third kappa shape index (κ3) is 3.83. The summed E-state index contributed by atoms with van der Waals surface area (Å²) in [5.74, 6) is 0. The van der Waals surface area contributed by atoms with Crippen LogP contribution in [0.25, 0.3) is 87.2 Å². The number of fused-ring (bicyclic) bond motifs is 5. The van der Waals surface area contributed by atoms with Crippen LogP contribution in [-0.4, -0.2) is 4.98 Å². The molecule has 9 aromatic rings. The summed E-state index contributed by atoms with van der Waals surface area (Å²) < 4.78 is 0. The van der Waals surface area contributed by atoms with Gasteiger partial charge in [0.15, 0.2) is 0 Å². The number of aromatic nitrogens is 1. The molecule has 1 aromatic heterocycles. The molecule has 44 heavy (non-hydrogen) atoms. The number of hydrogen-bond donors (Lipinski definition) is 0. The SMILES string of the molecule is c1ccc2c(-c3ccc4cc(-c5c6ccccc6c(-c6cccc7ccccc67)c6ccncc56)ccc4c3)cccc2c1. The first-order chi connectivity index (χ1) is 21.8. The molecule has 204 valence electrons. The lowest BCUT2D eigenvalue weighted by Crippen LogP contribution is -1.92. The molecule has 0 unspecified atom stereocenters. The largest absolute Gasteiger partial charge is 0.264 e. The highest BCUT2D eigenvalue weighted by Crippen LogP contribution is 2.45. The maximum absolute atomic E-state index is 4.64. The lowest BCUT2D eigenvalue weighted by Gasteiger charge is -2.18. The highest BCUT2D eigenvalue weighted by atomic mass is 14.6. The Labute approximate surface area is 255 Å². The van der Waals surface area contributed by atoms with Crippen molar-refractivity contribution in [1.82, 2.24) is 4.98 Å². The lowest BCUT2D eigenvalue weighted by molar-refractivity contribution is 1.37. The van der Waals surface area contributed by atoms with E-state index in [1.165, 1.54) is 87.2 Å². The van der Waals surface area contributed by atoms with Gasteiger partial charge in [-0.3, -0.25) is 4.98 Å². The van der Waals surface area contributed by atoms with E-state index in [1.54, 1.807) is 0 Å². The minimum Gasteiger partial charge on any atom is -0.264 e. The van der Waals surface area contributed by atoms with Crippen LogP contribution in [0.4, 0.5) is 0 Å². The molecule has 0 bridgehead atoms. The summed E-state index contributed by atoms with van der Waals surface area (Å²) in [4.78, 5) is 4.64. The van der Waals surface area contributed by atoms with Crippen LogP contribution in [0, 0.1) is 0 Å². The first kappa shape index (κ1) is 24.8. The Hall–Kier alpha value is -5.79. The molecular weight excluding hydrogens is 530 g/mol. The van der Waals surface area contributed by atoms with Gasteiger partial charge in [0, 0.05) is 17.8 Å². The Morgan fingerprint density at radius 2 is 0.841 bits per heavy atom. The molecular formula is C43H27N. The highest BCUT2D eigenvalue weighted by molar-refractivity contribution is 6.23. The molecule has 0 saturated heterocycles. The highest BCUT2D eigenvalue weighted by Gasteiger charge is 2.18. The molecule has 9 rings (SSSR count). The summed E-state index contributed by atoms with van der Waals surface area (Å²) in [7, 11) is 0. The van der Waals surface area contributed by atoms with E-state index in [-0.39, 0.29) is 0 Å². The van der Waals surface area contributed by atoms with E-state index in [0.717, 1.165) is 0 Å². The maximum atomic E-state index is 4.64. The fourth-order valence-electron chi connectivity index (χ4n) is 7.11. The van der Waals surface area contributed by atoms with Gasteiger partial charge in [0.2, 0.25) is 0 Å². The van der Waals surface area contributed by atoms with Crippen LogP contribution in [0.5, 0.6) is 0 Å². The van der Waals surface area contributed by atoms with Gasteiger partial charge >= 0.3 is 0 Å². The summed E-state index contributed by atoms with van der Waals surface area (Å²) >= 11 is 0. The van der Waals surface area contributed by atoms with Gasteiger partial charge in [-0.25, -0.2) is 0 Å². The van der Waals surface area contributed by atoms with Gasteiger partial charge < -0.3 is 0 Å². The molecule has 1 heteroatoms. The Balaban J connectivity index is 1.27. The molecule has 0 amide bonds. The summed E-state index contributed by atoms with van der Waals surface area (Å²) in [6.07, 6.45) is 3.96. The summed E-state index contributed by atoms with van der Waals surface area (Å²) in [5, 5.41) is 12.4. The van der Waals surface area contributed by atoms with Crippen molar-refractivity contribution in [2.24, 2.45) is 0 Å². The van der Waals surface area contributed by atoms with Crippen LogP contribution in [0.3, 0.4) is 0 Å². The summed E-state index contributed by atoms with van der Waals surface area (Å²) in [5.41, 5.74) is 7.45. The number of hydrogen-bond acceptors (Lipinski definition) is 1. The van der Waals surface area contributed by atoms with Crippen molar-refractivity contribution in [3.8, 4) is 33.4 Å². The first-order valence-corrected chi connectivity index (χ1v) is 15.1. The van der Waals surface area contributed by atoms with Crippen molar-refractivity contribution in [3.63, 3.8) is 0 Å². The van der Waals surface area contributed by atoms with Gasteiger partial charge in [-0.2, -0.15) is 0 Å². The van der Waals surface area contributed by atoms with Crippen molar-refractivity contribution in [1.29, 1.82) is 0 Å².